The largest absolute Gasteiger partial charge is 0.347 e. The molecule has 1 aliphatic heterocycles. The minimum atomic E-state index is -0.375. The van der Waals surface area contributed by atoms with Gasteiger partial charge in [-0.3, -0.25) is 9.59 Å². The van der Waals surface area contributed by atoms with Gasteiger partial charge in [0, 0.05) is 35.1 Å². The molecule has 0 fully saturated rings. The van der Waals surface area contributed by atoms with E-state index in [-0.39, 0.29) is 22.7 Å². The Labute approximate surface area is 182 Å². The summed E-state index contributed by atoms with van der Waals surface area (Å²) in [4.78, 5) is 27.9. The van der Waals surface area contributed by atoms with Gasteiger partial charge in [0.2, 0.25) is 0 Å². The summed E-state index contributed by atoms with van der Waals surface area (Å²) in [5.41, 5.74) is 3.69. The Bertz CT molecular complexity index is 1140. The molecule has 0 saturated heterocycles. The highest BCUT2D eigenvalue weighted by molar-refractivity contribution is 6.40. The highest BCUT2D eigenvalue weighted by Crippen LogP contribution is 2.35. The first-order chi connectivity index (χ1) is 15.2. The van der Waals surface area contributed by atoms with Gasteiger partial charge >= 0.3 is 0 Å². The number of hydrogen-bond acceptors (Lipinski definition) is 4. The molecule has 4 nitrogen and oxygen atoms in total. The lowest BCUT2D eigenvalue weighted by atomic mass is 9.95. The van der Waals surface area contributed by atoms with Crippen LogP contribution in [0.25, 0.3) is 5.57 Å². The summed E-state index contributed by atoms with van der Waals surface area (Å²) < 4.78 is 0. The van der Waals surface area contributed by atoms with E-state index >= 15 is 0 Å². The normalized spacial score (nSPS) is 15.8. The van der Waals surface area contributed by atoms with E-state index in [1.807, 2.05) is 30.5 Å². The van der Waals surface area contributed by atoms with Crippen LogP contribution in [-0.4, -0.2) is 18.1 Å². The van der Waals surface area contributed by atoms with Gasteiger partial charge in [0.25, 0.3) is 0 Å². The Kier molecular flexibility index (Phi) is 5.95. The van der Waals surface area contributed by atoms with Crippen LogP contribution >= 0.6 is 0 Å². The number of hydrogen-bond donors (Lipinski definition) is 0. The van der Waals surface area contributed by atoms with Crippen molar-refractivity contribution < 1.29 is 9.59 Å². The van der Waals surface area contributed by atoms with Crippen molar-refractivity contribution in [3.8, 4) is 6.07 Å². The van der Waals surface area contributed by atoms with E-state index in [1.165, 1.54) is 19.3 Å². The molecule has 0 aromatic heterocycles. The number of carbonyl (C=O) groups is 2. The van der Waals surface area contributed by atoms with Crippen LogP contribution < -0.4 is 4.90 Å². The quantitative estimate of drug-likeness (QED) is 0.259. The number of para-hydroxylation sites is 1. The van der Waals surface area contributed by atoms with Crippen LogP contribution in [0.2, 0.25) is 0 Å². The molecule has 2 aromatic carbocycles. The highest BCUT2D eigenvalue weighted by atomic mass is 16.2. The zero-order valence-corrected chi connectivity index (χ0v) is 17.6. The van der Waals surface area contributed by atoms with E-state index in [9.17, 15) is 14.9 Å². The molecule has 1 heterocycles. The molecular weight excluding hydrogens is 384 g/mol. The predicted molar refractivity (Wildman–Crippen MR) is 123 cm³/mol. The molecule has 4 heteroatoms. The van der Waals surface area contributed by atoms with Crippen molar-refractivity contribution in [1.29, 1.82) is 5.26 Å². The first-order valence-corrected chi connectivity index (χ1v) is 10.7. The molecule has 0 unspecified atom stereocenters. The van der Waals surface area contributed by atoms with Crippen LogP contribution in [0.4, 0.5) is 5.69 Å². The molecule has 2 aliphatic rings. The molecule has 154 valence electrons. The summed E-state index contributed by atoms with van der Waals surface area (Å²) in [7, 11) is 0. The summed E-state index contributed by atoms with van der Waals surface area (Å²) in [5, 5.41) is 9.81. The van der Waals surface area contributed by atoms with Crippen molar-refractivity contribution in [2.24, 2.45) is 0 Å². The van der Waals surface area contributed by atoms with Crippen molar-refractivity contribution >= 4 is 22.8 Å². The monoisotopic (exact) mass is 408 g/mol. The summed E-state index contributed by atoms with van der Waals surface area (Å²) in [6.07, 6.45) is 10.4. The Hall–Kier alpha value is -3.71. The molecular formula is C27H24N2O2. The Morgan fingerprint density at radius 3 is 2.23 bits per heavy atom. The Morgan fingerprint density at radius 2 is 1.58 bits per heavy atom. The average molecular weight is 409 g/mol. The number of anilines is 1. The third-order valence-corrected chi connectivity index (χ3v) is 5.77. The summed E-state index contributed by atoms with van der Waals surface area (Å²) >= 11 is 0. The van der Waals surface area contributed by atoms with Crippen molar-refractivity contribution in [2.75, 3.05) is 11.4 Å². The predicted octanol–water partition coefficient (Wildman–Crippen LogP) is 5.88. The first-order valence-electron chi connectivity index (χ1n) is 10.7. The fraction of sp³-hybridized carbons (Fsp3) is 0.222. The molecule has 0 N–H and O–H groups in total. The average Bonchev–Trinajstić information content (AvgIpc) is 3.06. The number of allylic oxidation sites excluding steroid dienone is 5. The van der Waals surface area contributed by atoms with Crippen LogP contribution in [0.1, 0.15) is 58.9 Å². The number of carbonyl (C=O) groups excluding carboxylic acids is 2. The Morgan fingerprint density at radius 1 is 0.935 bits per heavy atom. The lowest BCUT2D eigenvalue weighted by Gasteiger charge is -2.27. The number of Topliss-reactive ketones (excluding diaryl/α,β-unsaturated/α-hetero) is 2. The van der Waals surface area contributed by atoms with Crippen molar-refractivity contribution in [3.05, 3.63) is 94.7 Å². The van der Waals surface area contributed by atoms with Gasteiger partial charge in [-0.25, -0.2) is 0 Å². The maximum Gasteiger partial charge on any atom is 0.199 e. The van der Waals surface area contributed by atoms with Gasteiger partial charge in [-0.15, -0.1) is 0 Å². The molecule has 0 spiro atoms. The SMILES string of the molecule is CCCCCCN1C=CC(=CC(C#N)=C2C(=O)c3ccccc3C2=O)c2ccccc21. The van der Waals surface area contributed by atoms with E-state index in [0.717, 1.165) is 29.8 Å². The van der Waals surface area contributed by atoms with Crippen molar-refractivity contribution in [2.45, 2.75) is 32.6 Å². The Balaban J connectivity index is 1.70. The lowest BCUT2D eigenvalue weighted by molar-refractivity contribution is 0.0988. The molecule has 0 radical (unpaired) electrons. The maximum atomic E-state index is 12.8. The molecule has 31 heavy (non-hydrogen) atoms. The number of ketones is 2. The molecule has 0 amide bonds. The van der Waals surface area contributed by atoms with E-state index < -0.39 is 0 Å². The molecule has 0 atom stereocenters. The van der Waals surface area contributed by atoms with Crippen LogP contribution in [0.3, 0.4) is 0 Å². The third kappa shape index (κ3) is 3.87. The topological polar surface area (TPSA) is 61.2 Å². The van der Waals surface area contributed by atoms with Gasteiger partial charge in [-0.1, -0.05) is 68.7 Å². The summed E-state index contributed by atoms with van der Waals surface area (Å²) in [6, 6.07) is 16.9. The van der Waals surface area contributed by atoms with E-state index in [4.69, 9.17) is 0 Å². The molecule has 0 bridgehead atoms. The smallest absolute Gasteiger partial charge is 0.199 e. The number of nitriles is 1. The lowest BCUT2D eigenvalue weighted by Crippen LogP contribution is -2.21. The van der Waals surface area contributed by atoms with E-state index in [2.05, 4.69) is 24.0 Å². The minimum absolute atomic E-state index is 0.0379. The molecule has 4 rings (SSSR count). The second kappa shape index (κ2) is 8.97. The number of rotatable bonds is 6. The summed E-state index contributed by atoms with van der Waals surface area (Å²) in [5.74, 6) is -0.751. The third-order valence-electron chi connectivity index (χ3n) is 5.77. The molecule has 1 aliphatic carbocycles. The van der Waals surface area contributed by atoms with Gasteiger partial charge in [-0.2, -0.15) is 5.26 Å². The fourth-order valence-electron chi connectivity index (χ4n) is 4.15. The standard InChI is InChI=1S/C27H24N2O2/c1-2-3-4-9-15-29-16-14-19(21-10-7-8-13-24(21)29)17-20(18-28)25-26(30)22-11-5-6-12-23(22)27(25)31/h5-8,10-14,16-17H,2-4,9,15H2,1H3. The number of unbranched alkanes of at least 4 members (excludes halogenated alkanes) is 3. The zero-order chi connectivity index (χ0) is 21.8. The second-order valence-corrected chi connectivity index (χ2v) is 7.79. The van der Waals surface area contributed by atoms with Crippen LogP contribution in [0.5, 0.6) is 0 Å². The van der Waals surface area contributed by atoms with Gasteiger partial charge in [0.05, 0.1) is 11.1 Å². The summed E-state index contributed by atoms with van der Waals surface area (Å²) in [6.45, 7) is 3.13. The maximum absolute atomic E-state index is 12.8. The minimum Gasteiger partial charge on any atom is -0.347 e. The first kappa shape index (κ1) is 20.6. The fourth-order valence-corrected chi connectivity index (χ4v) is 4.15. The number of fused-ring (bicyclic) bond motifs is 2. The number of benzene rings is 2. The van der Waals surface area contributed by atoms with Gasteiger partial charge < -0.3 is 4.90 Å². The van der Waals surface area contributed by atoms with Crippen molar-refractivity contribution in [3.63, 3.8) is 0 Å². The van der Waals surface area contributed by atoms with Crippen LogP contribution in [0.15, 0.2) is 78.0 Å². The van der Waals surface area contributed by atoms with Gasteiger partial charge in [0.1, 0.15) is 6.07 Å². The molecule has 0 saturated carbocycles. The van der Waals surface area contributed by atoms with Gasteiger partial charge in [-0.05, 0) is 30.2 Å². The van der Waals surface area contributed by atoms with Crippen molar-refractivity contribution in [1.82, 2.24) is 0 Å². The van der Waals surface area contributed by atoms with Gasteiger partial charge in [0.15, 0.2) is 11.6 Å². The second-order valence-electron chi connectivity index (χ2n) is 7.79. The van der Waals surface area contributed by atoms with E-state index in [1.54, 1.807) is 30.3 Å². The highest BCUT2D eigenvalue weighted by Gasteiger charge is 2.35. The number of nitrogens with zero attached hydrogens (tertiary/aromatic N) is 2. The molecule has 2 aromatic rings. The zero-order valence-electron chi connectivity index (χ0n) is 17.6. The van der Waals surface area contributed by atoms with Crippen LogP contribution in [-0.2, 0) is 0 Å². The van der Waals surface area contributed by atoms with E-state index in [0.29, 0.717) is 11.1 Å². The van der Waals surface area contributed by atoms with Crippen LogP contribution in [0, 0.1) is 11.3 Å².